The minimum Gasteiger partial charge on any atom is -0.324 e. The zero-order chi connectivity index (χ0) is 12.6. The van der Waals surface area contributed by atoms with E-state index in [2.05, 4.69) is 4.72 Å². The lowest BCUT2D eigenvalue weighted by atomic mass is 10.1. The third kappa shape index (κ3) is 5.11. The maximum absolute atomic E-state index is 11.8. The molecule has 0 saturated heterocycles. The molecule has 0 amide bonds. The Morgan fingerprint density at radius 3 is 2.41 bits per heavy atom. The molecule has 1 aromatic rings. The van der Waals surface area contributed by atoms with Gasteiger partial charge in [0, 0.05) is 12.1 Å². The summed E-state index contributed by atoms with van der Waals surface area (Å²) in [6.45, 7) is 5.46. The first-order valence-corrected chi connectivity index (χ1v) is 7.34. The summed E-state index contributed by atoms with van der Waals surface area (Å²) < 4.78 is 26.8. The van der Waals surface area contributed by atoms with Crippen LogP contribution in [0.3, 0.4) is 0 Å². The highest BCUT2D eigenvalue weighted by Crippen LogP contribution is 2.29. The molecule has 8 heteroatoms. The molecule has 0 bridgehead atoms. The predicted molar refractivity (Wildman–Crippen MR) is 74.8 cm³/mol. The Morgan fingerprint density at radius 1 is 1.53 bits per heavy atom. The Labute approximate surface area is 117 Å². The fourth-order valence-corrected chi connectivity index (χ4v) is 3.89. The smallest absolute Gasteiger partial charge is 0.250 e. The van der Waals surface area contributed by atoms with Crippen LogP contribution in [-0.4, -0.2) is 20.5 Å². The Balaban J connectivity index is 0.00000256. The highest BCUT2D eigenvalue weighted by molar-refractivity contribution is 7.91. The average molecular weight is 319 g/mol. The van der Waals surface area contributed by atoms with Gasteiger partial charge in [0.05, 0.1) is 4.34 Å². The molecule has 0 atom stereocenters. The molecule has 0 aliphatic rings. The first kappa shape index (κ1) is 17.2. The molecule has 0 aromatic carbocycles. The highest BCUT2D eigenvalue weighted by atomic mass is 35.5. The van der Waals surface area contributed by atoms with Gasteiger partial charge in [-0.25, -0.2) is 13.1 Å². The summed E-state index contributed by atoms with van der Waals surface area (Å²) in [5.74, 6) is 0. The number of sulfonamides is 1. The Bertz CT molecular complexity index is 458. The van der Waals surface area contributed by atoms with Gasteiger partial charge in [0.25, 0.3) is 0 Å². The molecule has 3 N–H and O–H groups in total. The van der Waals surface area contributed by atoms with Crippen LogP contribution in [0.5, 0.6) is 0 Å². The number of nitrogens with one attached hydrogen (secondary N) is 1. The van der Waals surface area contributed by atoms with E-state index in [9.17, 15) is 8.42 Å². The van der Waals surface area contributed by atoms with Crippen LogP contribution in [0.15, 0.2) is 10.3 Å². The number of aryl methyl sites for hydroxylation is 1. The van der Waals surface area contributed by atoms with E-state index >= 15 is 0 Å². The molecule has 0 aliphatic heterocycles. The van der Waals surface area contributed by atoms with E-state index in [1.165, 1.54) is 0 Å². The second-order valence-corrected chi connectivity index (χ2v) is 7.98. The van der Waals surface area contributed by atoms with Gasteiger partial charge in [-0.15, -0.1) is 23.7 Å². The van der Waals surface area contributed by atoms with E-state index < -0.39 is 15.6 Å². The Morgan fingerprint density at radius 2 is 2.06 bits per heavy atom. The fraction of sp³-hybridized carbons (Fsp3) is 0.556. The lowest BCUT2D eigenvalue weighted by molar-refractivity contribution is 0.498. The molecule has 0 fully saturated rings. The van der Waals surface area contributed by atoms with Gasteiger partial charge in [0.2, 0.25) is 10.0 Å². The van der Waals surface area contributed by atoms with Crippen molar-refractivity contribution in [2.45, 2.75) is 30.5 Å². The Kier molecular flexibility index (Phi) is 5.91. The minimum atomic E-state index is -3.49. The van der Waals surface area contributed by atoms with Gasteiger partial charge >= 0.3 is 0 Å². The summed E-state index contributed by atoms with van der Waals surface area (Å²) in [5.41, 5.74) is 5.89. The van der Waals surface area contributed by atoms with Crippen molar-refractivity contribution in [3.05, 3.63) is 16.0 Å². The lowest BCUT2D eigenvalue weighted by Crippen LogP contribution is -2.44. The zero-order valence-electron chi connectivity index (χ0n) is 9.78. The van der Waals surface area contributed by atoms with Crippen LogP contribution in [0.4, 0.5) is 0 Å². The molecule has 4 nitrogen and oxygen atoms in total. The van der Waals surface area contributed by atoms with Crippen molar-refractivity contribution in [3.8, 4) is 0 Å². The summed E-state index contributed by atoms with van der Waals surface area (Å²) in [6, 6.07) is 1.55. The molecule has 0 aliphatic carbocycles. The van der Waals surface area contributed by atoms with Crippen LogP contribution in [0, 0.1) is 6.92 Å². The van der Waals surface area contributed by atoms with Crippen LogP contribution in [0.1, 0.15) is 19.4 Å². The summed E-state index contributed by atoms with van der Waals surface area (Å²) in [5, 5.41) is 0. The average Bonchev–Trinajstić information content (AvgIpc) is 2.44. The maximum Gasteiger partial charge on any atom is 0.250 e. The largest absolute Gasteiger partial charge is 0.324 e. The van der Waals surface area contributed by atoms with Gasteiger partial charge in [-0.05, 0) is 32.4 Å². The third-order valence-electron chi connectivity index (χ3n) is 1.82. The maximum atomic E-state index is 11.8. The van der Waals surface area contributed by atoms with E-state index in [-0.39, 0.29) is 23.2 Å². The molecule has 1 aromatic heterocycles. The molecule has 1 rings (SSSR count). The molecule has 100 valence electrons. The summed E-state index contributed by atoms with van der Waals surface area (Å²) in [7, 11) is -3.49. The topological polar surface area (TPSA) is 72.2 Å². The van der Waals surface area contributed by atoms with E-state index in [0.717, 1.165) is 16.9 Å². The van der Waals surface area contributed by atoms with Crippen LogP contribution in [0.2, 0.25) is 4.34 Å². The highest BCUT2D eigenvalue weighted by Gasteiger charge is 2.21. The molecule has 0 unspecified atom stereocenters. The van der Waals surface area contributed by atoms with Crippen LogP contribution >= 0.6 is 35.3 Å². The van der Waals surface area contributed by atoms with Crippen molar-refractivity contribution in [3.63, 3.8) is 0 Å². The van der Waals surface area contributed by atoms with E-state index in [4.69, 9.17) is 17.3 Å². The van der Waals surface area contributed by atoms with Crippen LogP contribution in [-0.2, 0) is 10.0 Å². The minimum absolute atomic E-state index is 0. The zero-order valence-corrected chi connectivity index (χ0v) is 13.0. The molecule has 1 heterocycles. The summed E-state index contributed by atoms with van der Waals surface area (Å²) in [6.07, 6.45) is 0. The SMILES string of the molecule is Cc1cc(S(=O)(=O)NCC(C)(C)N)sc1Cl.Cl. The van der Waals surface area contributed by atoms with Crippen LogP contribution in [0.25, 0.3) is 0 Å². The number of rotatable bonds is 4. The van der Waals surface area contributed by atoms with Gasteiger partial charge in [-0.1, -0.05) is 11.6 Å². The van der Waals surface area contributed by atoms with Crippen LogP contribution < -0.4 is 10.5 Å². The lowest BCUT2D eigenvalue weighted by Gasteiger charge is -2.18. The summed E-state index contributed by atoms with van der Waals surface area (Å²) >= 11 is 6.87. The number of thiophene rings is 1. The van der Waals surface area contributed by atoms with Gasteiger partial charge in [-0.3, -0.25) is 0 Å². The molecule has 0 spiro atoms. The standard InChI is InChI=1S/C9H15ClN2O2S2.ClH/c1-6-4-7(15-8(6)10)16(13,14)12-5-9(2,3)11;/h4,12H,5,11H2,1-3H3;1H. The van der Waals surface area contributed by atoms with E-state index in [1.807, 2.05) is 0 Å². The van der Waals surface area contributed by atoms with Crippen molar-refractivity contribution in [2.24, 2.45) is 5.73 Å². The molecule has 0 saturated carbocycles. The fourth-order valence-electron chi connectivity index (χ4n) is 0.916. The van der Waals surface area contributed by atoms with Crippen molar-refractivity contribution < 1.29 is 8.42 Å². The molecular formula is C9H16Cl2N2O2S2. The van der Waals surface area contributed by atoms with Crippen molar-refractivity contribution in [1.82, 2.24) is 4.72 Å². The first-order chi connectivity index (χ1) is 7.12. The Hall–Kier alpha value is 0.150. The van der Waals surface area contributed by atoms with Gasteiger partial charge in [0.15, 0.2) is 0 Å². The van der Waals surface area contributed by atoms with Gasteiger partial charge in [0.1, 0.15) is 4.21 Å². The van der Waals surface area contributed by atoms with Crippen molar-refractivity contribution >= 4 is 45.4 Å². The normalized spacial score (nSPS) is 12.3. The number of hydrogen-bond acceptors (Lipinski definition) is 4. The number of nitrogens with two attached hydrogens (primary N) is 1. The van der Waals surface area contributed by atoms with Crippen molar-refractivity contribution in [1.29, 1.82) is 0 Å². The van der Waals surface area contributed by atoms with Gasteiger partial charge < -0.3 is 5.73 Å². The van der Waals surface area contributed by atoms with E-state index in [1.54, 1.807) is 26.8 Å². The monoisotopic (exact) mass is 318 g/mol. The molecule has 0 radical (unpaired) electrons. The number of hydrogen-bond donors (Lipinski definition) is 2. The van der Waals surface area contributed by atoms with Gasteiger partial charge in [-0.2, -0.15) is 0 Å². The van der Waals surface area contributed by atoms with Crippen molar-refractivity contribution in [2.75, 3.05) is 6.54 Å². The van der Waals surface area contributed by atoms with E-state index in [0.29, 0.717) is 4.34 Å². The predicted octanol–water partition coefficient (Wildman–Crippen LogP) is 2.15. The number of halogens is 2. The quantitative estimate of drug-likeness (QED) is 0.893. The second kappa shape index (κ2) is 5.86. The summed E-state index contributed by atoms with van der Waals surface area (Å²) in [4.78, 5) is 0. The first-order valence-electron chi connectivity index (χ1n) is 4.66. The third-order valence-corrected chi connectivity index (χ3v) is 5.25. The molecular weight excluding hydrogens is 303 g/mol. The second-order valence-electron chi connectivity index (χ2n) is 4.34. The molecule has 17 heavy (non-hydrogen) atoms.